The molecule has 0 saturated carbocycles. The summed E-state index contributed by atoms with van der Waals surface area (Å²) in [4.78, 5) is 10.7. The van der Waals surface area contributed by atoms with Gasteiger partial charge in [-0.1, -0.05) is 11.2 Å². The van der Waals surface area contributed by atoms with Gasteiger partial charge >= 0.3 is 5.97 Å². The minimum atomic E-state index is -1.32. The zero-order valence-corrected chi connectivity index (χ0v) is 7.78. The van der Waals surface area contributed by atoms with E-state index in [-0.39, 0.29) is 16.9 Å². The van der Waals surface area contributed by atoms with Crippen LogP contribution in [0.3, 0.4) is 0 Å². The van der Waals surface area contributed by atoms with Crippen molar-refractivity contribution in [3.05, 3.63) is 41.6 Å². The second-order valence-electron chi connectivity index (χ2n) is 2.98. The Balaban J connectivity index is 2.63. The predicted molar refractivity (Wildman–Crippen MR) is 48.8 cm³/mol. The maximum Gasteiger partial charge on any atom is 0.341 e. The second-order valence-corrected chi connectivity index (χ2v) is 2.98. The fourth-order valence-electron chi connectivity index (χ4n) is 1.27. The van der Waals surface area contributed by atoms with Crippen LogP contribution in [0.5, 0.6) is 0 Å². The van der Waals surface area contributed by atoms with Gasteiger partial charge in [-0.2, -0.15) is 0 Å². The molecule has 1 heterocycles. The molecule has 0 aliphatic rings. The molecule has 6 heteroatoms. The fraction of sp³-hybridized carbons (Fsp3) is 0. The average molecular weight is 225 g/mol. The van der Waals surface area contributed by atoms with Gasteiger partial charge in [-0.05, 0) is 12.1 Å². The van der Waals surface area contributed by atoms with Crippen LogP contribution in [-0.2, 0) is 0 Å². The Morgan fingerprint density at radius 3 is 2.81 bits per heavy atom. The summed E-state index contributed by atoms with van der Waals surface area (Å²) in [5.41, 5.74) is -0.584. The van der Waals surface area contributed by atoms with Crippen LogP contribution in [0.1, 0.15) is 10.4 Å². The Kier molecular flexibility index (Phi) is 2.40. The van der Waals surface area contributed by atoms with E-state index in [4.69, 9.17) is 5.11 Å². The Bertz CT molecular complexity index is 551. The standard InChI is InChI=1S/C10H5F2NO3/c11-7-3-1-2-5(8(7)12)9-6(10(14)15)4-13-16-9/h1-4H,(H,14,15). The predicted octanol–water partition coefficient (Wildman–Crippen LogP) is 2.32. The summed E-state index contributed by atoms with van der Waals surface area (Å²) in [5, 5.41) is 12.0. The van der Waals surface area contributed by atoms with Crippen molar-refractivity contribution in [1.29, 1.82) is 0 Å². The topological polar surface area (TPSA) is 63.3 Å². The third-order valence-electron chi connectivity index (χ3n) is 2.00. The zero-order chi connectivity index (χ0) is 11.7. The molecule has 0 saturated heterocycles. The van der Waals surface area contributed by atoms with E-state index in [0.717, 1.165) is 12.3 Å². The SMILES string of the molecule is O=C(O)c1cnoc1-c1cccc(F)c1F. The molecule has 0 spiro atoms. The number of aromatic nitrogens is 1. The van der Waals surface area contributed by atoms with Crippen LogP contribution < -0.4 is 0 Å². The maximum absolute atomic E-state index is 13.4. The average Bonchev–Trinajstić information content (AvgIpc) is 2.70. The van der Waals surface area contributed by atoms with Gasteiger partial charge < -0.3 is 9.63 Å². The summed E-state index contributed by atoms with van der Waals surface area (Å²) in [6, 6.07) is 3.39. The first-order chi connectivity index (χ1) is 7.61. The van der Waals surface area contributed by atoms with Gasteiger partial charge in [0.2, 0.25) is 0 Å². The first kappa shape index (κ1) is 10.3. The van der Waals surface area contributed by atoms with E-state index in [1.54, 1.807) is 0 Å². The van der Waals surface area contributed by atoms with Gasteiger partial charge in [0.15, 0.2) is 17.4 Å². The molecule has 16 heavy (non-hydrogen) atoms. The summed E-state index contributed by atoms with van der Waals surface area (Å²) in [6.45, 7) is 0. The van der Waals surface area contributed by atoms with E-state index in [1.165, 1.54) is 12.1 Å². The molecule has 0 bridgehead atoms. The number of carbonyl (C=O) groups is 1. The van der Waals surface area contributed by atoms with Crippen molar-refractivity contribution in [2.45, 2.75) is 0 Å². The number of hydrogen-bond donors (Lipinski definition) is 1. The van der Waals surface area contributed by atoms with Crippen molar-refractivity contribution in [3.63, 3.8) is 0 Å². The summed E-state index contributed by atoms with van der Waals surface area (Å²) in [7, 11) is 0. The van der Waals surface area contributed by atoms with Gasteiger partial charge in [0, 0.05) is 0 Å². The molecule has 0 atom stereocenters. The highest BCUT2D eigenvalue weighted by atomic mass is 19.2. The number of halogens is 2. The maximum atomic E-state index is 13.4. The molecule has 0 radical (unpaired) electrons. The number of benzene rings is 1. The van der Waals surface area contributed by atoms with E-state index >= 15 is 0 Å². The van der Waals surface area contributed by atoms with E-state index in [9.17, 15) is 13.6 Å². The largest absolute Gasteiger partial charge is 0.477 e. The van der Waals surface area contributed by atoms with Gasteiger partial charge in [0.05, 0.1) is 11.8 Å². The summed E-state index contributed by atoms with van der Waals surface area (Å²) >= 11 is 0. The first-order valence-corrected chi connectivity index (χ1v) is 4.23. The van der Waals surface area contributed by atoms with Crippen LogP contribution in [0.2, 0.25) is 0 Å². The lowest BCUT2D eigenvalue weighted by Gasteiger charge is -2.00. The van der Waals surface area contributed by atoms with Crippen molar-refractivity contribution in [1.82, 2.24) is 5.16 Å². The van der Waals surface area contributed by atoms with Crippen LogP contribution in [0.4, 0.5) is 8.78 Å². The molecule has 4 nitrogen and oxygen atoms in total. The van der Waals surface area contributed by atoms with E-state index in [2.05, 4.69) is 9.68 Å². The van der Waals surface area contributed by atoms with Crippen LogP contribution >= 0.6 is 0 Å². The molecule has 1 N–H and O–H groups in total. The van der Waals surface area contributed by atoms with Crippen molar-refractivity contribution in [2.24, 2.45) is 0 Å². The molecule has 0 aliphatic carbocycles. The van der Waals surface area contributed by atoms with Crippen molar-refractivity contribution >= 4 is 5.97 Å². The molecule has 0 aliphatic heterocycles. The molecule has 1 aromatic heterocycles. The first-order valence-electron chi connectivity index (χ1n) is 4.23. The minimum Gasteiger partial charge on any atom is -0.477 e. The normalized spacial score (nSPS) is 10.4. The molecule has 0 unspecified atom stereocenters. The van der Waals surface area contributed by atoms with E-state index < -0.39 is 17.6 Å². The molecular weight excluding hydrogens is 220 g/mol. The Labute approximate surface area is 88.1 Å². The van der Waals surface area contributed by atoms with E-state index in [0.29, 0.717) is 0 Å². The number of carboxylic acids is 1. The molecule has 0 amide bonds. The second kappa shape index (κ2) is 3.73. The summed E-state index contributed by atoms with van der Waals surface area (Å²) in [5.74, 6) is -3.86. The Morgan fingerprint density at radius 2 is 2.12 bits per heavy atom. The lowest BCUT2D eigenvalue weighted by Crippen LogP contribution is -1.97. The Morgan fingerprint density at radius 1 is 1.38 bits per heavy atom. The van der Waals surface area contributed by atoms with Crippen LogP contribution in [0.25, 0.3) is 11.3 Å². The molecule has 2 rings (SSSR count). The number of aromatic carboxylic acids is 1. The van der Waals surface area contributed by atoms with Gasteiger partial charge in [-0.15, -0.1) is 0 Å². The van der Waals surface area contributed by atoms with Gasteiger partial charge in [-0.25, -0.2) is 13.6 Å². The summed E-state index contributed by atoms with van der Waals surface area (Å²) in [6.07, 6.45) is 0.933. The smallest absolute Gasteiger partial charge is 0.341 e. The lowest BCUT2D eigenvalue weighted by atomic mass is 10.1. The van der Waals surface area contributed by atoms with Crippen molar-refractivity contribution < 1.29 is 23.2 Å². The highest BCUT2D eigenvalue weighted by Crippen LogP contribution is 2.27. The monoisotopic (exact) mass is 225 g/mol. The fourth-order valence-corrected chi connectivity index (χ4v) is 1.27. The molecule has 1 aromatic carbocycles. The molecular formula is C10H5F2NO3. The van der Waals surface area contributed by atoms with E-state index in [1.807, 2.05) is 0 Å². The van der Waals surface area contributed by atoms with Crippen LogP contribution in [0, 0.1) is 11.6 Å². The number of hydrogen-bond acceptors (Lipinski definition) is 3. The lowest BCUT2D eigenvalue weighted by molar-refractivity contribution is 0.0697. The highest BCUT2D eigenvalue weighted by molar-refractivity contribution is 5.93. The number of rotatable bonds is 2. The minimum absolute atomic E-state index is 0.269. The number of carboxylic acid groups (broad SMARTS) is 1. The molecule has 82 valence electrons. The van der Waals surface area contributed by atoms with Crippen LogP contribution in [-0.4, -0.2) is 16.2 Å². The number of nitrogens with zero attached hydrogens (tertiary/aromatic N) is 1. The third kappa shape index (κ3) is 1.54. The molecule has 0 fully saturated rings. The summed E-state index contributed by atoms with van der Waals surface area (Å²) < 4.78 is 30.9. The van der Waals surface area contributed by atoms with Gasteiger partial charge in [0.1, 0.15) is 5.56 Å². The van der Waals surface area contributed by atoms with Gasteiger partial charge in [-0.3, -0.25) is 0 Å². The van der Waals surface area contributed by atoms with Gasteiger partial charge in [0.25, 0.3) is 0 Å². The zero-order valence-electron chi connectivity index (χ0n) is 7.78. The Hall–Kier alpha value is -2.24. The third-order valence-corrected chi connectivity index (χ3v) is 2.00. The molecule has 2 aromatic rings. The van der Waals surface area contributed by atoms with Crippen molar-refractivity contribution in [3.8, 4) is 11.3 Å². The quantitative estimate of drug-likeness (QED) is 0.851. The van der Waals surface area contributed by atoms with Crippen LogP contribution in [0.15, 0.2) is 28.9 Å². The van der Waals surface area contributed by atoms with Crippen molar-refractivity contribution in [2.75, 3.05) is 0 Å². The highest BCUT2D eigenvalue weighted by Gasteiger charge is 2.21.